The molecular weight excluding hydrogens is 479 g/mol. The summed E-state index contributed by atoms with van der Waals surface area (Å²) in [6.45, 7) is -0.0684. The molecule has 0 saturated heterocycles. The summed E-state index contributed by atoms with van der Waals surface area (Å²) in [4.78, 5) is 17.4. The van der Waals surface area contributed by atoms with Crippen molar-refractivity contribution in [2.75, 3.05) is 14.2 Å². The van der Waals surface area contributed by atoms with Gasteiger partial charge in [-0.05, 0) is 60.2 Å². The van der Waals surface area contributed by atoms with E-state index in [0.717, 1.165) is 5.56 Å². The maximum absolute atomic E-state index is 12.7. The molecule has 4 rings (SSSR count). The highest BCUT2D eigenvalue weighted by atomic mass is 35.5. The van der Waals surface area contributed by atoms with Crippen molar-refractivity contribution in [3.05, 3.63) is 70.2 Å². The Morgan fingerprint density at radius 2 is 1.82 bits per heavy atom. The molecule has 4 aromatic rings. The molecule has 0 aliphatic heterocycles. The van der Waals surface area contributed by atoms with Crippen molar-refractivity contribution in [3.8, 4) is 28.6 Å². The number of rotatable bonds is 7. The third-order valence-electron chi connectivity index (χ3n) is 5.05. The zero-order valence-electron chi connectivity index (χ0n) is 18.3. The maximum Gasteiger partial charge on any atom is 0.260 e. The van der Waals surface area contributed by atoms with E-state index in [-0.39, 0.29) is 18.2 Å². The zero-order valence-corrected chi connectivity index (χ0v) is 19.8. The van der Waals surface area contributed by atoms with Crippen LogP contribution in [0, 0.1) is 0 Å². The standard InChI is InChI=1S/C24H20Cl2N4O4/c1-33-16-6-4-15(5-7-16)24-28-19-10-17(25)18(26)11-20(19)30(24)13-23(32)29-27-12-14-3-8-22(34-2)21(31)9-14/h3-12,31H,13H2,1-2H3,(H,29,32). The summed E-state index contributed by atoms with van der Waals surface area (Å²) in [6.07, 6.45) is 1.42. The van der Waals surface area contributed by atoms with Gasteiger partial charge in [-0.2, -0.15) is 5.10 Å². The summed E-state index contributed by atoms with van der Waals surface area (Å²) in [5.74, 6) is 1.21. The van der Waals surface area contributed by atoms with E-state index in [1.54, 1.807) is 35.9 Å². The number of amides is 1. The number of aromatic hydroxyl groups is 1. The van der Waals surface area contributed by atoms with Crippen LogP contribution in [-0.4, -0.2) is 41.0 Å². The van der Waals surface area contributed by atoms with E-state index in [9.17, 15) is 9.90 Å². The second-order valence-electron chi connectivity index (χ2n) is 7.23. The highest BCUT2D eigenvalue weighted by molar-refractivity contribution is 6.42. The third-order valence-corrected chi connectivity index (χ3v) is 5.77. The minimum absolute atomic E-state index is 0.0256. The van der Waals surface area contributed by atoms with Crippen LogP contribution >= 0.6 is 23.2 Å². The molecule has 0 fully saturated rings. The van der Waals surface area contributed by atoms with Gasteiger partial charge in [-0.15, -0.1) is 0 Å². The van der Waals surface area contributed by atoms with Gasteiger partial charge in [0.25, 0.3) is 5.91 Å². The Bertz CT molecular complexity index is 1380. The van der Waals surface area contributed by atoms with Crippen LogP contribution in [0.15, 0.2) is 59.7 Å². The highest BCUT2D eigenvalue weighted by Crippen LogP contribution is 2.32. The SMILES string of the molecule is COc1ccc(-c2nc3cc(Cl)c(Cl)cc3n2CC(=O)NN=Cc2ccc(OC)c(O)c2)cc1. The van der Waals surface area contributed by atoms with Crippen LogP contribution in [-0.2, 0) is 11.3 Å². The van der Waals surface area contributed by atoms with Crippen molar-refractivity contribution in [3.63, 3.8) is 0 Å². The topological polar surface area (TPSA) is 98.0 Å². The smallest absolute Gasteiger partial charge is 0.260 e. The number of halogens is 2. The molecule has 0 unspecified atom stereocenters. The van der Waals surface area contributed by atoms with E-state index in [4.69, 9.17) is 32.7 Å². The molecule has 34 heavy (non-hydrogen) atoms. The van der Waals surface area contributed by atoms with Crippen LogP contribution in [0.1, 0.15) is 5.56 Å². The van der Waals surface area contributed by atoms with Crippen molar-refractivity contribution in [1.82, 2.24) is 15.0 Å². The molecule has 2 N–H and O–H groups in total. The predicted molar refractivity (Wildman–Crippen MR) is 132 cm³/mol. The molecule has 1 amide bonds. The predicted octanol–water partition coefficient (Wildman–Crippen LogP) is 4.88. The number of nitrogens with one attached hydrogen (secondary N) is 1. The number of benzene rings is 3. The lowest BCUT2D eigenvalue weighted by Crippen LogP contribution is -2.23. The van der Waals surface area contributed by atoms with Gasteiger partial charge >= 0.3 is 0 Å². The first-order chi connectivity index (χ1) is 16.4. The number of ether oxygens (including phenoxy) is 2. The number of nitrogens with zero attached hydrogens (tertiary/aromatic N) is 3. The van der Waals surface area contributed by atoms with Crippen LogP contribution in [0.5, 0.6) is 17.2 Å². The Morgan fingerprint density at radius 1 is 1.09 bits per heavy atom. The van der Waals surface area contributed by atoms with Crippen molar-refractivity contribution < 1.29 is 19.4 Å². The molecule has 10 heteroatoms. The summed E-state index contributed by atoms with van der Waals surface area (Å²) >= 11 is 12.4. The zero-order chi connectivity index (χ0) is 24.2. The number of hydrogen-bond acceptors (Lipinski definition) is 6. The second kappa shape index (κ2) is 10.0. The van der Waals surface area contributed by atoms with Crippen LogP contribution in [0.3, 0.4) is 0 Å². The number of methoxy groups -OCH3 is 2. The molecule has 0 bridgehead atoms. The van der Waals surface area contributed by atoms with Crippen LogP contribution in [0.2, 0.25) is 10.0 Å². The molecule has 8 nitrogen and oxygen atoms in total. The Hall–Kier alpha value is -3.75. The number of hydrazone groups is 1. The number of aromatic nitrogens is 2. The molecular formula is C24H20Cl2N4O4. The molecule has 1 aromatic heterocycles. The lowest BCUT2D eigenvalue weighted by Gasteiger charge is -2.09. The van der Waals surface area contributed by atoms with Crippen LogP contribution in [0.25, 0.3) is 22.4 Å². The van der Waals surface area contributed by atoms with E-state index in [2.05, 4.69) is 15.5 Å². The van der Waals surface area contributed by atoms with E-state index in [1.807, 2.05) is 24.3 Å². The van der Waals surface area contributed by atoms with Gasteiger partial charge < -0.3 is 19.1 Å². The van der Waals surface area contributed by atoms with Crippen molar-refractivity contribution in [2.24, 2.45) is 5.10 Å². The van der Waals surface area contributed by atoms with Gasteiger partial charge in [-0.25, -0.2) is 10.4 Å². The Balaban J connectivity index is 1.61. The molecule has 0 atom stereocenters. The van der Waals surface area contributed by atoms with Crippen molar-refractivity contribution in [2.45, 2.75) is 6.54 Å². The molecule has 174 valence electrons. The Labute approximate surface area is 205 Å². The van der Waals surface area contributed by atoms with Crippen LogP contribution in [0.4, 0.5) is 0 Å². The number of imidazole rings is 1. The monoisotopic (exact) mass is 498 g/mol. The number of phenolic OH excluding ortho intramolecular Hbond substituents is 1. The normalized spacial score (nSPS) is 11.2. The summed E-state index contributed by atoms with van der Waals surface area (Å²) in [6, 6.07) is 15.5. The lowest BCUT2D eigenvalue weighted by atomic mass is 10.2. The number of phenols is 1. The highest BCUT2D eigenvalue weighted by Gasteiger charge is 2.17. The first-order valence-corrected chi connectivity index (χ1v) is 10.8. The summed E-state index contributed by atoms with van der Waals surface area (Å²) < 4.78 is 12.0. The molecule has 3 aromatic carbocycles. The molecule has 0 radical (unpaired) electrons. The molecule has 0 aliphatic carbocycles. The number of carbonyl (C=O) groups excluding carboxylic acids is 1. The largest absolute Gasteiger partial charge is 0.504 e. The Morgan fingerprint density at radius 3 is 2.50 bits per heavy atom. The van der Waals surface area contributed by atoms with Gasteiger partial charge in [0, 0.05) is 5.56 Å². The average Bonchev–Trinajstić information content (AvgIpc) is 3.16. The van der Waals surface area contributed by atoms with E-state index in [1.165, 1.54) is 19.4 Å². The van der Waals surface area contributed by atoms with Gasteiger partial charge in [-0.1, -0.05) is 23.2 Å². The second-order valence-corrected chi connectivity index (χ2v) is 8.04. The van der Waals surface area contributed by atoms with Crippen molar-refractivity contribution >= 4 is 46.4 Å². The quantitative estimate of drug-likeness (QED) is 0.279. The number of carbonyl (C=O) groups is 1. The third kappa shape index (κ3) is 4.93. The van der Waals surface area contributed by atoms with Crippen LogP contribution < -0.4 is 14.9 Å². The maximum atomic E-state index is 12.7. The van der Waals surface area contributed by atoms with E-state index >= 15 is 0 Å². The number of hydrogen-bond donors (Lipinski definition) is 2. The first-order valence-electron chi connectivity index (χ1n) is 10.1. The minimum atomic E-state index is -0.380. The minimum Gasteiger partial charge on any atom is -0.504 e. The molecule has 0 saturated carbocycles. The average molecular weight is 499 g/mol. The van der Waals surface area contributed by atoms with E-state index < -0.39 is 0 Å². The van der Waals surface area contributed by atoms with E-state index in [0.29, 0.717) is 44.0 Å². The fourth-order valence-corrected chi connectivity index (χ4v) is 3.70. The lowest BCUT2D eigenvalue weighted by molar-refractivity contribution is -0.121. The summed E-state index contributed by atoms with van der Waals surface area (Å²) in [7, 11) is 3.05. The number of fused-ring (bicyclic) bond motifs is 1. The van der Waals surface area contributed by atoms with Gasteiger partial charge in [0.2, 0.25) is 0 Å². The van der Waals surface area contributed by atoms with Crippen molar-refractivity contribution in [1.29, 1.82) is 0 Å². The fraction of sp³-hybridized carbons (Fsp3) is 0.125. The first kappa shape index (κ1) is 23.4. The van der Waals surface area contributed by atoms with Gasteiger partial charge in [-0.3, -0.25) is 4.79 Å². The van der Waals surface area contributed by atoms with Gasteiger partial charge in [0.15, 0.2) is 11.5 Å². The molecule has 1 heterocycles. The fourth-order valence-electron chi connectivity index (χ4n) is 3.39. The molecule has 0 aliphatic rings. The molecule has 0 spiro atoms. The summed E-state index contributed by atoms with van der Waals surface area (Å²) in [5, 5.41) is 14.6. The van der Waals surface area contributed by atoms with Gasteiger partial charge in [0.05, 0.1) is 41.5 Å². The Kier molecular flexibility index (Phi) is 6.90. The van der Waals surface area contributed by atoms with Gasteiger partial charge in [0.1, 0.15) is 18.1 Å². The summed E-state index contributed by atoms with van der Waals surface area (Å²) in [5.41, 5.74) is 5.13.